The predicted octanol–water partition coefficient (Wildman–Crippen LogP) is 2.07. The summed E-state index contributed by atoms with van der Waals surface area (Å²) in [6, 6.07) is 1.64. The molecule has 3 saturated carbocycles. The van der Waals surface area contributed by atoms with Crippen molar-refractivity contribution in [2.24, 2.45) is 29.6 Å². The van der Waals surface area contributed by atoms with Gasteiger partial charge in [0.1, 0.15) is 0 Å². The van der Waals surface area contributed by atoms with E-state index < -0.39 is 0 Å². The lowest BCUT2D eigenvalue weighted by molar-refractivity contribution is -0.126. The molecule has 20 heavy (non-hydrogen) atoms. The number of carbonyl (C=O) groups is 1. The van der Waals surface area contributed by atoms with Crippen LogP contribution in [0, 0.1) is 29.6 Å². The molecular formula is C17H26N2O. The lowest BCUT2D eigenvalue weighted by Crippen LogP contribution is -2.47. The first-order valence-corrected chi connectivity index (χ1v) is 8.86. The molecule has 8 atom stereocenters. The van der Waals surface area contributed by atoms with Crippen LogP contribution in [0.25, 0.3) is 0 Å². The Kier molecular flexibility index (Phi) is 2.54. The number of carbonyl (C=O) groups excluding carboxylic acids is 1. The minimum Gasteiger partial charge on any atom is -0.353 e. The molecule has 0 aromatic rings. The number of hydrogen-bond donors (Lipinski definition) is 2. The van der Waals surface area contributed by atoms with Crippen LogP contribution in [0.1, 0.15) is 51.4 Å². The lowest BCUT2D eigenvalue weighted by atomic mass is 9.78. The molecule has 0 aromatic carbocycles. The second-order valence-corrected chi connectivity index (χ2v) is 8.16. The van der Waals surface area contributed by atoms with E-state index >= 15 is 0 Å². The molecule has 0 radical (unpaired) electrons. The maximum Gasteiger partial charge on any atom is 0.224 e. The van der Waals surface area contributed by atoms with Gasteiger partial charge in [0.05, 0.1) is 5.92 Å². The monoisotopic (exact) mass is 274 g/mol. The topological polar surface area (TPSA) is 41.1 Å². The summed E-state index contributed by atoms with van der Waals surface area (Å²) in [5, 5.41) is 7.06. The van der Waals surface area contributed by atoms with Gasteiger partial charge in [-0.2, -0.15) is 0 Å². The molecule has 110 valence electrons. The molecule has 3 nitrogen and oxygen atoms in total. The number of rotatable bonds is 2. The van der Waals surface area contributed by atoms with Crippen molar-refractivity contribution in [1.82, 2.24) is 10.6 Å². The van der Waals surface area contributed by atoms with Crippen LogP contribution in [0.15, 0.2) is 0 Å². The summed E-state index contributed by atoms with van der Waals surface area (Å²) in [5.74, 6) is 4.39. The number of amides is 1. The van der Waals surface area contributed by atoms with Crippen LogP contribution in [0.2, 0.25) is 0 Å². The fraction of sp³-hybridized carbons (Fsp3) is 0.941. The van der Waals surface area contributed by atoms with Crippen molar-refractivity contribution < 1.29 is 4.79 Å². The highest BCUT2D eigenvalue weighted by atomic mass is 16.2. The van der Waals surface area contributed by atoms with Gasteiger partial charge in [-0.3, -0.25) is 4.79 Å². The zero-order valence-electron chi connectivity index (χ0n) is 12.2. The minimum absolute atomic E-state index is 0.271. The standard InChI is InChI=1S/C17H26N2O/c20-17(14-8-10-4-5-15(14)18-10)19-16-7-9-6-13(16)12-3-1-2-11(9)12/h9-16,18H,1-8H2,(H,19,20). The Balaban J connectivity index is 1.26. The molecule has 2 aliphatic heterocycles. The Bertz CT molecular complexity index is 437. The van der Waals surface area contributed by atoms with E-state index in [2.05, 4.69) is 10.6 Å². The van der Waals surface area contributed by atoms with Gasteiger partial charge >= 0.3 is 0 Å². The average molecular weight is 274 g/mol. The highest BCUT2D eigenvalue weighted by Gasteiger charge is 2.54. The molecule has 2 N–H and O–H groups in total. The molecule has 8 unspecified atom stereocenters. The van der Waals surface area contributed by atoms with Crippen molar-refractivity contribution in [3.63, 3.8) is 0 Å². The average Bonchev–Trinajstić information content (AvgIpc) is 3.21. The minimum atomic E-state index is 0.271. The van der Waals surface area contributed by atoms with Crippen LogP contribution in [0.4, 0.5) is 0 Å². The summed E-state index contributed by atoms with van der Waals surface area (Å²) >= 11 is 0. The Labute approximate surface area is 121 Å². The van der Waals surface area contributed by atoms with E-state index in [9.17, 15) is 4.79 Å². The third-order valence-electron chi connectivity index (χ3n) is 7.39. The van der Waals surface area contributed by atoms with E-state index in [0.29, 0.717) is 24.0 Å². The largest absolute Gasteiger partial charge is 0.353 e. The molecule has 2 heterocycles. The Hall–Kier alpha value is -0.570. The van der Waals surface area contributed by atoms with E-state index in [1.54, 1.807) is 0 Å². The van der Waals surface area contributed by atoms with Gasteiger partial charge < -0.3 is 10.6 Å². The number of nitrogens with one attached hydrogen (secondary N) is 2. The van der Waals surface area contributed by atoms with Gasteiger partial charge in [-0.05, 0) is 68.6 Å². The molecule has 0 aromatic heterocycles. The maximum atomic E-state index is 12.6. The van der Waals surface area contributed by atoms with Gasteiger partial charge in [0.25, 0.3) is 0 Å². The molecule has 3 aliphatic carbocycles. The fourth-order valence-corrected chi connectivity index (χ4v) is 6.64. The third kappa shape index (κ3) is 1.59. The van der Waals surface area contributed by atoms with Crippen molar-refractivity contribution in [2.45, 2.75) is 69.5 Å². The lowest BCUT2D eigenvalue weighted by Gasteiger charge is -2.33. The van der Waals surface area contributed by atoms with Gasteiger partial charge in [0.2, 0.25) is 5.91 Å². The van der Waals surface area contributed by atoms with Gasteiger partial charge in [-0.15, -0.1) is 0 Å². The van der Waals surface area contributed by atoms with Crippen molar-refractivity contribution in [1.29, 1.82) is 0 Å². The fourth-order valence-electron chi connectivity index (χ4n) is 6.64. The van der Waals surface area contributed by atoms with Crippen LogP contribution < -0.4 is 10.6 Å². The summed E-state index contributed by atoms with van der Waals surface area (Å²) in [5.41, 5.74) is 0. The number of fused-ring (bicyclic) bond motifs is 7. The summed E-state index contributed by atoms with van der Waals surface area (Å²) in [6.07, 6.45) is 10.6. The van der Waals surface area contributed by atoms with E-state index in [4.69, 9.17) is 0 Å². The van der Waals surface area contributed by atoms with Crippen molar-refractivity contribution in [3.05, 3.63) is 0 Å². The van der Waals surface area contributed by atoms with E-state index in [-0.39, 0.29) is 5.92 Å². The van der Waals surface area contributed by atoms with Crippen LogP contribution >= 0.6 is 0 Å². The predicted molar refractivity (Wildman–Crippen MR) is 77.0 cm³/mol. The second kappa shape index (κ2) is 4.22. The van der Waals surface area contributed by atoms with Crippen molar-refractivity contribution in [2.75, 3.05) is 0 Å². The van der Waals surface area contributed by atoms with Crippen LogP contribution in [-0.2, 0) is 4.79 Å². The van der Waals surface area contributed by atoms with Gasteiger partial charge in [-0.1, -0.05) is 6.42 Å². The Morgan fingerprint density at radius 1 is 0.950 bits per heavy atom. The smallest absolute Gasteiger partial charge is 0.224 e. The summed E-state index contributed by atoms with van der Waals surface area (Å²) < 4.78 is 0. The van der Waals surface area contributed by atoms with Crippen molar-refractivity contribution in [3.8, 4) is 0 Å². The molecule has 1 amide bonds. The van der Waals surface area contributed by atoms with E-state index in [1.165, 1.54) is 44.9 Å². The van der Waals surface area contributed by atoms with Gasteiger partial charge in [0.15, 0.2) is 0 Å². The van der Waals surface area contributed by atoms with E-state index in [0.717, 1.165) is 30.1 Å². The molecule has 3 heteroatoms. The molecular weight excluding hydrogens is 248 g/mol. The van der Waals surface area contributed by atoms with E-state index in [1.807, 2.05) is 0 Å². The zero-order chi connectivity index (χ0) is 13.3. The van der Waals surface area contributed by atoms with Gasteiger partial charge in [0, 0.05) is 18.1 Å². The normalized spacial score (nSPS) is 55.4. The molecule has 4 bridgehead atoms. The maximum absolute atomic E-state index is 12.6. The molecule has 5 aliphatic rings. The second-order valence-electron chi connectivity index (χ2n) is 8.16. The summed E-state index contributed by atoms with van der Waals surface area (Å²) in [7, 11) is 0. The SMILES string of the molecule is O=C(NC1CC2CC1C1CCCC21)C1CC2CCC1N2. The molecule has 0 spiro atoms. The third-order valence-corrected chi connectivity index (χ3v) is 7.39. The first kappa shape index (κ1) is 12.0. The van der Waals surface area contributed by atoms with Crippen LogP contribution in [0.3, 0.4) is 0 Å². The van der Waals surface area contributed by atoms with Crippen LogP contribution in [-0.4, -0.2) is 24.0 Å². The first-order chi connectivity index (χ1) is 9.79. The summed E-state index contributed by atoms with van der Waals surface area (Å²) in [4.78, 5) is 12.6. The highest BCUT2D eigenvalue weighted by Crippen LogP contribution is 2.58. The Morgan fingerprint density at radius 3 is 2.65 bits per heavy atom. The quantitative estimate of drug-likeness (QED) is 0.809. The van der Waals surface area contributed by atoms with Gasteiger partial charge in [-0.25, -0.2) is 0 Å². The zero-order valence-corrected chi connectivity index (χ0v) is 12.2. The van der Waals surface area contributed by atoms with Crippen LogP contribution in [0.5, 0.6) is 0 Å². The summed E-state index contributed by atoms with van der Waals surface area (Å²) in [6.45, 7) is 0. The highest BCUT2D eigenvalue weighted by molar-refractivity contribution is 5.80. The van der Waals surface area contributed by atoms with Crippen molar-refractivity contribution >= 4 is 5.91 Å². The molecule has 5 rings (SSSR count). The number of hydrogen-bond acceptors (Lipinski definition) is 2. The molecule has 5 fully saturated rings. The molecule has 2 saturated heterocycles. The Morgan fingerprint density at radius 2 is 1.85 bits per heavy atom. The first-order valence-electron chi connectivity index (χ1n) is 8.86.